The van der Waals surface area contributed by atoms with Gasteiger partial charge in [0, 0.05) is 10.9 Å². The van der Waals surface area contributed by atoms with Crippen LogP contribution in [0.2, 0.25) is 0 Å². The summed E-state index contributed by atoms with van der Waals surface area (Å²) in [5.41, 5.74) is 1.99. The van der Waals surface area contributed by atoms with Crippen LogP contribution in [0, 0.1) is 11.8 Å². The van der Waals surface area contributed by atoms with E-state index in [1.54, 1.807) is 0 Å². The summed E-state index contributed by atoms with van der Waals surface area (Å²) in [6.07, 6.45) is 3.79. The van der Waals surface area contributed by atoms with Crippen LogP contribution in [0.1, 0.15) is 36.6 Å². The standard InChI is InChI=1S/C22H21NO/c1-3-9-18(10-4-1)13-14-20(23-15-7-2-8-16-23)22-17-19-11-5-6-12-21(19)24-22/h1,3-6,9-12,17,20H,2,7-8,15-16H2. The van der Waals surface area contributed by atoms with Crippen molar-refractivity contribution in [2.45, 2.75) is 25.3 Å². The summed E-state index contributed by atoms with van der Waals surface area (Å²) in [5.74, 6) is 7.76. The Morgan fingerprint density at radius 3 is 2.42 bits per heavy atom. The van der Waals surface area contributed by atoms with Crippen molar-refractivity contribution in [2.24, 2.45) is 0 Å². The van der Waals surface area contributed by atoms with Crippen LogP contribution in [0.4, 0.5) is 0 Å². The lowest BCUT2D eigenvalue weighted by Gasteiger charge is -2.30. The van der Waals surface area contributed by atoms with Crippen LogP contribution in [0.3, 0.4) is 0 Å². The summed E-state index contributed by atoms with van der Waals surface area (Å²) in [4.78, 5) is 2.46. The minimum atomic E-state index is 0.0258. The van der Waals surface area contributed by atoms with Crippen molar-refractivity contribution in [3.05, 3.63) is 72.0 Å². The topological polar surface area (TPSA) is 16.4 Å². The second-order valence-corrected chi connectivity index (χ2v) is 6.32. The van der Waals surface area contributed by atoms with Crippen LogP contribution in [0.15, 0.2) is 65.1 Å². The molecular formula is C22H21NO. The first-order valence-electron chi connectivity index (χ1n) is 8.69. The summed E-state index contributed by atoms with van der Waals surface area (Å²) in [6.45, 7) is 2.18. The number of fused-ring (bicyclic) bond motifs is 1. The Morgan fingerprint density at radius 2 is 1.62 bits per heavy atom. The van der Waals surface area contributed by atoms with Crippen LogP contribution in [-0.4, -0.2) is 18.0 Å². The van der Waals surface area contributed by atoms with Gasteiger partial charge in [-0.05, 0) is 50.2 Å². The van der Waals surface area contributed by atoms with Gasteiger partial charge in [-0.2, -0.15) is 0 Å². The van der Waals surface area contributed by atoms with Crippen molar-refractivity contribution in [2.75, 3.05) is 13.1 Å². The van der Waals surface area contributed by atoms with E-state index in [1.807, 2.05) is 36.4 Å². The molecule has 0 bridgehead atoms. The lowest BCUT2D eigenvalue weighted by atomic mass is 10.1. The first-order chi connectivity index (χ1) is 11.9. The highest BCUT2D eigenvalue weighted by molar-refractivity contribution is 5.78. The maximum atomic E-state index is 6.13. The molecule has 0 spiro atoms. The lowest BCUT2D eigenvalue weighted by Crippen LogP contribution is -2.32. The number of benzene rings is 2. The molecule has 0 radical (unpaired) electrons. The zero-order chi connectivity index (χ0) is 16.2. The van der Waals surface area contributed by atoms with Gasteiger partial charge in [0.25, 0.3) is 0 Å². The molecule has 0 saturated carbocycles. The largest absolute Gasteiger partial charge is 0.458 e. The second kappa shape index (κ2) is 6.95. The molecule has 1 atom stereocenters. The maximum Gasteiger partial charge on any atom is 0.134 e. The average Bonchev–Trinajstić information content (AvgIpc) is 3.07. The van der Waals surface area contributed by atoms with Gasteiger partial charge in [-0.25, -0.2) is 0 Å². The Morgan fingerprint density at radius 1 is 0.875 bits per heavy atom. The van der Waals surface area contributed by atoms with Crippen molar-refractivity contribution in [3.8, 4) is 11.8 Å². The zero-order valence-electron chi connectivity index (χ0n) is 13.7. The molecule has 4 rings (SSSR count). The minimum Gasteiger partial charge on any atom is -0.458 e. The normalized spacial score (nSPS) is 16.5. The number of para-hydroxylation sites is 1. The molecule has 24 heavy (non-hydrogen) atoms. The predicted octanol–water partition coefficient (Wildman–Crippen LogP) is 5.01. The van der Waals surface area contributed by atoms with Gasteiger partial charge in [-0.15, -0.1) is 0 Å². The molecule has 2 heterocycles. The first-order valence-corrected chi connectivity index (χ1v) is 8.69. The van der Waals surface area contributed by atoms with E-state index in [0.29, 0.717) is 0 Å². The molecule has 2 heteroatoms. The number of nitrogens with zero attached hydrogens (tertiary/aromatic N) is 1. The van der Waals surface area contributed by atoms with Gasteiger partial charge in [0.05, 0.1) is 0 Å². The van der Waals surface area contributed by atoms with Crippen LogP contribution in [0.5, 0.6) is 0 Å². The predicted molar refractivity (Wildman–Crippen MR) is 97.7 cm³/mol. The van der Waals surface area contributed by atoms with Gasteiger partial charge in [0.15, 0.2) is 0 Å². The smallest absolute Gasteiger partial charge is 0.134 e. The van der Waals surface area contributed by atoms with Crippen LogP contribution in [-0.2, 0) is 0 Å². The molecule has 1 saturated heterocycles. The van der Waals surface area contributed by atoms with Crippen molar-refractivity contribution in [3.63, 3.8) is 0 Å². The second-order valence-electron chi connectivity index (χ2n) is 6.32. The molecule has 0 N–H and O–H groups in total. The number of piperidine rings is 1. The lowest BCUT2D eigenvalue weighted by molar-refractivity contribution is 0.182. The molecule has 1 aliphatic rings. The highest BCUT2D eigenvalue weighted by Crippen LogP contribution is 2.29. The fourth-order valence-electron chi connectivity index (χ4n) is 3.33. The van der Waals surface area contributed by atoms with Gasteiger partial charge in [-0.3, -0.25) is 4.90 Å². The highest BCUT2D eigenvalue weighted by Gasteiger charge is 2.23. The molecule has 0 amide bonds. The van der Waals surface area contributed by atoms with Crippen molar-refractivity contribution in [1.29, 1.82) is 0 Å². The van der Waals surface area contributed by atoms with Crippen molar-refractivity contribution >= 4 is 11.0 Å². The molecule has 1 aliphatic heterocycles. The van der Waals surface area contributed by atoms with Crippen molar-refractivity contribution < 1.29 is 4.42 Å². The van der Waals surface area contributed by atoms with Crippen molar-refractivity contribution in [1.82, 2.24) is 4.90 Å². The highest BCUT2D eigenvalue weighted by atomic mass is 16.3. The van der Waals surface area contributed by atoms with E-state index in [4.69, 9.17) is 4.42 Å². The average molecular weight is 315 g/mol. The van der Waals surface area contributed by atoms with Gasteiger partial charge in [-0.1, -0.05) is 54.7 Å². The zero-order valence-corrected chi connectivity index (χ0v) is 13.7. The molecule has 120 valence electrons. The summed E-state index contributed by atoms with van der Waals surface area (Å²) in [7, 11) is 0. The third-order valence-corrected chi connectivity index (χ3v) is 4.60. The first kappa shape index (κ1) is 15.1. The van der Waals surface area contributed by atoms with E-state index >= 15 is 0 Å². The molecular weight excluding hydrogens is 294 g/mol. The van der Waals surface area contributed by atoms with Gasteiger partial charge in [0.2, 0.25) is 0 Å². The minimum absolute atomic E-state index is 0.0258. The number of furan rings is 1. The molecule has 1 fully saturated rings. The van der Waals surface area contributed by atoms with Crippen LogP contribution >= 0.6 is 0 Å². The Labute approximate surface area is 143 Å². The van der Waals surface area contributed by atoms with E-state index in [1.165, 1.54) is 19.3 Å². The van der Waals surface area contributed by atoms with E-state index in [0.717, 1.165) is 35.4 Å². The van der Waals surface area contributed by atoms with Gasteiger partial charge in [0.1, 0.15) is 17.4 Å². The van der Waals surface area contributed by atoms with E-state index in [9.17, 15) is 0 Å². The van der Waals surface area contributed by atoms with E-state index < -0.39 is 0 Å². The Bertz CT molecular complexity index is 830. The maximum absolute atomic E-state index is 6.13. The fraction of sp³-hybridized carbons (Fsp3) is 0.273. The molecule has 0 aliphatic carbocycles. The Balaban J connectivity index is 1.71. The van der Waals surface area contributed by atoms with E-state index in [-0.39, 0.29) is 6.04 Å². The summed E-state index contributed by atoms with van der Waals surface area (Å²) in [6, 6.07) is 20.5. The number of hydrogen-bond acceptors (Lipinski definition) is 2. The van der Waals surface area contributed by atoms with Crippen LogP contribution in [0.25, 0.3) is 11.0 Å². The van der Waals surface area contributed by atoms with Gasteiger partial charge < -0.3 is 4.42 Å². The third-order valence-electron chi connectivity index (χ3n) is 4.60. The summed E-state index contributed by atoms with van der Waals surface area (Å²) < 4.78 is 6.13. The SMILES string of the molecule is C(#CC(c1cc2ccccc2o1)N1CCCCC1)c1ccccc1. The number of likely N-dealkylation sites (tertiary alicyclic amines) is 1. The third kappa shape index (κ3) is 3.22. The van der Waals surface area contributed by atoms with Crippen LogP contribution < -0.4 is 0 Å². The number of rotatable bonds is 2. The number of hydrogen-bond donors (Lipinski definition) is 0. The fourth-order valence-corrected chi connectivity index (χ4v) is 3.33. The molecule has 2 nitrogen and oxygen atoms in total. The Kier molecular flexibility index (Phi) is 4.36. The summed E-state index contributed by atoms with van der Waals surface area (Å²) >= 11 is 0. The summed E-state index contributed by atoms with van der Waals surface area (Å²) in [5, 5.41) is 1.15. The molecule has 3 aromatic rings. The monoisotopic (exact) mass is 315 g/mol. The molecule has 1 aromatic heterocycles. The van der Waals surface area contributed by atoms with Gasteiger partial charge >= 0.3 is 0 Å². The quantitative estimate of drug-likeness (QED) is 0.618. The molecule has 1 unspecified atom stereocenters. The molecule has 2 aromatic carbocycles. The Hall–Kier alpha value is -2.50. The van der Waals surface area contributed by atoms with E-state index in [2.05, 4.69) is 41.0 Å².